The quantitative estimate of drug-likeness (QED) is 0.790. The molecule has 6 heteroatoms. The fourth-order valence-electron chi connectivity index (χ4n) is 2.08. The number of aryl methyl sites for hydroxylation is 2. The molecule has 2 heterocycles. The predicted octanol–water partition coefficient (Wildman–Crippen LogP) is 3.25. The normalized spacial score (nSPS) is 10.8. The zero-order chi connectivity index (χ0) is 15.0. The van der Waals surface area contributed by atoms with E-state index in [1.807, 2.05) is 24.3 Å². The van der Waals surface area contributed by atoms with Gasteiger partial charge in [-0.05, 0) is 43.7 Å². The molecular formula is C15H13ClN4O. The summed E-state index contributed by atoms with van der Waals surface area (Å²) in [4.78, 5) is 12.3. The lowest BCUT2D eigenvalue weighted by Gasteiger charge is -2.09. The molecule has 1 aromatic carbocycles. The molecule has 2 aromatic heterocycles. The van der Waals surface area contributed by atoms with E-state index in [0.717, 1.165) is 11.4 Å². The van der Waals surface area contributed by atoms with Crippen molar-refractivity contribution in [3.05, 3.63) is 58.5 Å². The van der Waals surface area contributed by atoms with E-state index in [4.69, 9.17) is 11.6 Å². The number of carbonyl (C=O) groups is 1. The number of nitrogens with zero attached hydrogens (tertiary/aromatic N) is 3. The third-order valence-corrected chi connectivity index (χ3v) is 3.53. The molecule has 0 aliphatic heterocycles. The lowest BCUT2D eigenvalue weighted by Crippen LogP contribution is -2.13. The topological polar surface area (TPSA) is 59.3 Å². The number of halogens is 1. The first-order valence-corrected chi connectivity index (χ1v) is 6.81. The van der Waals surface area contributed by atoms with Crippen LogP contribution in [-0.4, -0.2) is 20.5 Å². The Morgan fingerprint density at radius 3 is 2.81 bits per heavy atom. The minimum Gasteiger partial charge on any atom is -0.322 e. The van der Waals surface area contributed by atoms with Crippen LogP contribution < -0.4 is 5.32 Å². The van der Waals surface area contributed by atoms with E-state index < -0.39 is 0 Å². The number of hydrogen-bond donors (Lipinski definition) is 1. The summed E-state index contributed by atoms with van der Waals surface area (Å²) in [6.07, 6.45) is 1.78. The lowest BCUT2D eigenvalue weighted by atomic mass is 10.2. The zero-order valence-corrected chi connectivity index (χ0v) is 12.3. The molecular weight excluding hydrogens is 288 g/mol. The average molecular weight is 301 g/mol. The van der Waals surface area contributed by atoms with Gasteiger partial charge in [-0.15, -0.1) is 10.2 Å². The van der Waals surface area contributed by atoms with Crippen molar-refractivity contribution in [2.24, 2.45) is 0 Å². The molecule has 0 aliphatic carbocycles. The highest BCUT2D eigenvalue weighted by molar-refractivity contribution is 6.31. The second kappa shape index (κ2) is 5.18. The smallest absolute Gasteiger partial charge is 0.255 e. The Labute approximate surface area is 126 Å². The highest BCUT2D eigenvalue weighted by Crippen LogP contribution is 2.21. The fourth-order valence-corrected chi connectivity index (χ4v) is 2.25. The summed E-state index contributed by atoms with van der Waals surface area (Å²) in [7, 11) is 0. The Morgan fingerprint density at radius 1 is 1.19 bits per heavy atom. The molecule has 0 saturated heterocycles. The van der Waals surface area contributed by atoms with Crippen LogP contribution >= 0.6 is 11.6 Å². The number of benzene rings is 1. The number of anilines is 1. The number of aromatic nitrogens is 3. The predicted molar refractivity (Wildman–Crippen MR) is 81.9 cm³/mol. The minimum absolute atomic E-state index is 0.205. The number of carbonyl (C=O) groups excluding carboxylic acids is 1. The SMILES string of the molecule is Cc1ccc(Cl)cc1NC(=O)c1ccn2c(C)nnc2c1. The summed E-state index contributed by atoms with van der Waals surface area (Å²) in [5.74, 6) is 0.575. The number of pyridine rings is 1. The van der Waals surface area contributed by atoms with Gasteiger partial charge in [0.1, 0.15) is 5.82 Å². The van der Waals surface area contributed by atoms with Gasteiger partial charge in [-0.25, -0.2) is 0 Å². The largest absolute Gasteiger partial charge is 0.322 e. The van der Waals surface area contributed by atoms with Crippen molar-refractivity contribution in [1.82, 2.24) is 14.6 Å². The second-order valence-corrected chi connectivity index (χ2v) is 5.24. The zero-order valence-electron chi connectivity index (χ0n) is 11.6. The molecule has 0 atom stereocenters. The van der Waals surface area contributed by atoms with Gasteiger partial charge in [-0.1, -0.05) is 17.7 Å². The van der Waals surface area contributed by atoms with Gasteiger partial charge >= 0.3 is 0 Å². The van der Waals surface area contributed by atoms with Crippen molar-refractivity contribution < 1.29 is 4.79 Å². The van der Waals surface area contributed by atoms with Crippen LogP contribution in [0.1, 0.15) is 21.7 Å². The molecule has 0 aliphatic rings. The van der Waals surface area contributed by atoms with E-state index in [9.17, 15) is 4.79 Å². The molecule has 1 amide bonds. The first kappa shape index (κ1) is 13.6. The molecule has 3 aromatic rings. The van der Waals surface area contributed by atoms with Gasteiger partial charge in [-0.3, -0.25) is 9.20 Å². The summed E-state index contributed by atoms with van der Waals surface area (Å²) in [6.45, 7) is 3.77. The van der Waals surface area contributed by atoms with Crippen molar-refractivity contribution in [1.29, 1.82) is 0 Å². The highest BCUT2D eigenvalue weighted by Gasteiger charge is 2.10. The average Bonchev–Trinajstić information content (AvgIpc) is 2.84. The van der Waals surface area contributed by atoms with Crippen molar-refractivity contribution in [3.63, 3.8) is 0 Å². The third kappa shape index (κ3) is 2.60. The van der Waals surface area contributed by atoms with Gasteiger partial charge in [-0.2, -0.15) is 0 Å². The molecule has 3 rings (SSSR count). The standard InChI is InChI=1S/C15H13ClN4O/c1-9-3-4-12(16)8-13(9)17-15(21)11-5-6-20-10(2)18-19-14(20)7-11/h3-8H,1-2H3,(H,17,21). The molecule has 0 unspecified atom stereocenters. The van der Waals surface area contributed by atoms with Crippen LogP contribution in [0, 0.1) is 13.8 Å². The fraction of sp³-hybridized carbons (Fsp3) is 0.133. The molecule has 0 saturated carbocycles. The van der Waals surface area contributed by atoms with Crippen LogP contribution in [0.25, 0.3) is 5.65 Å². The number of fused-ring (bicyclic) bond motifs is 1. The van der Waals surface area contributed by atoms with Crippen LogP contribution in [0.15, 0.2) is 36.5 Å². The summed E-state index contributed by atoms with van der Waals surface area (Å²) >= 11 is 5.95. The van der Waals surface area contributed by atoms with E-state index >= 15 is 0 Å². The van der Waals surface area contributed by atoms with E-state index in [-0.39, 0.29) is 5.91 Å². The van der Waals surface area contributed by atoms with Gasteiger partial charge in [0.15, 0.2) is 5.65 Å². The maximum Gasteiger partial charge on any atom is 0.255 e. The monoisotopic (exact) mass is 300 g/mol. The van der Waals surface area contributed by atoms with E-state index in [1.54, 1.807) is 30.5 Å². The van der Waals surface area contributed by atoms with Crippen LogP contribution in [0.2, 0.25) is 5.02 Å². The van der Waals surface area contributed by atoms with Gasteiger partial charge in [0.25, 0.3) is 5.91 Å². The van der Waals surface area contributed by atoms with Crippen LogP contribution in [0.4, 0.5) is 5.69 Å². The lowest BCUT2D eigenvalue weighted by molar-refractivity contribution is 0.102. The Balaban J connectivity index is 1.91. The third-order valence-electron chi connectivity index (χ3n) is 3.29. The molecule has 0 radical (unpaired) electrons. The number of amides is 1. The first-order chi connectivity index (χ1) is 10.0. The maximum absolute atomic E-state index is 12.3. The van der Waals surface area contributed by atoms with Gasteiger partial charge in [0.05, 0.1) is 0 Å². The van der Waals surface area contributed by atoms with Crippen molar-refractivity contribution in [2.75, 3.05) is 5.32 Å². The van der Waals surface area contributed by atoms with E-state index in [2.05, 4.69) is 15.5 Å². The van der Waals surface area contributed by atoms with Crippen LogP contribution in [0.3, 0.4) is 0 Å². The number of rotatable bonds is 2. The van der Waals surface area contributed by atoms with Crippen LogP contribution in [-0.2, 0) is 0 Å². The van der Waals surface area contributed by atoms with E-state index in [1.165, 1.54) is 0 Å². The summed E-state index contributed by atoms with van der Waals surface area (Å²) in [5.41, 5.74) is 2.81. The first-order valence-electron chi connectivity index (χ1n) is 6.43. The summed E-state index contributed by atoms with van der Waals surface area (Å²) < 4.78 is 1.82. The molecule has 0 fully saturated rings. The molecule has 0 spiro atoms. The van der Waals surface area contributed by atoms with Crippen molar-refractivity contribution in [3.8, 4) is 0 Å². The minimum atomic E-state index is -0.205. The van der Waals surface area contributed by atoms with Crippen molar-refractivity contribution in [2.45, 2.75) is 13.8 Å². The number of nitrogens with one attached hydrogen (secondary N) is 1. The number of hydrogen-bond acceptors (Lipinski definition) is 3. The maximum atomic E-state index is 12.3. The van der Waals surface area contributed by atoms with Crippen LogP contribution in [0.5, 0.6) is 0 Å². The van der Waals surface area contributed by atoms with Gasteiger partial charge in [0, 0.05) is 22.5 Å². The highest BCUT2D eigenvalue weighted by atomic mass is 35.5. The Bertz CT molecular complexity index is 841. The van der Waals surface area contributed by atoms with Crippen molar-refractivity contribution >= 4 is 28.8 Å². The second-order valence-electron chi connectivity index (χ2n) is 4.80. The molecule has 21 heavy (non-hydrogen) atoms. The van der Waals surface area contributed by atoms with E-state index in [0.29, 0.717) is 21.9 Å². The van der Waals surface area contributed by atoms with Gasteiger partial charge in [0.2, 0.25) is 0 Å². The molecule has 5 nitrogen and oxygen atoms in total. The summed E-state index contributed by atoms with van der Waals surface area (Å²) in [6, 6.07) is 8.82. The summed E-state index contributed by atoms with van der Waals surface area (Å²) in [5, 5.41) is 11.4. The molecule has 0 bridgehead atoms. The molecule has 1 N–H and O–H groups in total. The van der Waals surface area contributed by atoms with Gasteiger partial charge < -0.3 is 5.32 Å². The Kier molecular flexibility index (Phi) is 3.35. The molecule has 106 valence electrons. The Morgan fingerprint density at radius 2 is 2.00 bits per heavy atom. The Hall–Kier alpha value is -2.40.